The van der Waals surface area contributed by atoms with E-state index < -0.39 is 4.95 Å². The summed E-state index contributed by atoms with van der Waals surface area (Å²) in [4.78, 5) is 9.36. The van der Waals surface area contributed by atoms with Gasteiger partial charge in [-0.15, -0.1) is 0 Å². The van der Waals surface area contributed by atoms with Gasteiger partial charge in [-0.25, -0.2) is 0 Å². The molecule has 0 aliphatic carbocycles. The largest absolute Gasteiger partial charge is 0.265 e. The number of halogens is 1. The summed E-state index contributed by atoms with van der Waals surface area (Å²) < 4.78 is 0. The van der Waals surface area contributed by atoms with E-state index in [-0.39, 0.29) is 4.92 Å². The van der Waals surface area contributed by atoms with E-state index in [0.717, 1.165) is 12.8 Å². The highest BCUT2D eigenvalue weighted by Gasteiger charge is 2.13. The van der Waals surface area contributed by atoms with Gasteiger partial charge in [-0.1, -0.05) is 32.6 Å². The predicted molar refractivity (Wildman–Crippen MR) is 53.1 cm³/mol. The van der Waals surface area contributed by atoms with E-state index in [1.165, 1.54) is 19.3 Å². The minimum Gasteiger partial charge on any atom is -0.263 e. The molecule has 0 heterocycles. The first kappa shape index (κ1) is 11.9. The van der Waals surface area contributed by atoms with Crippen molar-refractivity contribution in [3.8, 4) is 0 Å². The smallest absolute Gasteiger partial charge is 0.263 e. The summed E-state index contributed by atoms with van der Waals surface area (Å²) >= 11 is 3.01. The van der Waals surface area contributed by atoms with Gasteiger partial charge in [0, 0.05) is 11.3 Å². The van der Waals surface area contributed by atoms with Gasteiger partial charge in [0.2, 0.25) is 0 Å². The van der Waals surface area contributed by atoms with Gasteiger partial charge in [-0.05, 0) is 22.4 Å². The summed E-state index contributed by atoms with van der Waals surface area (Å²) in [6.45, 7) is 2.16. The lowest BCUT2D eigenvalue weighted by atomic mass is 10.1. The van der Waals surface area contributed by atoms with Gasteiger partial charge >= 0.3 is 0 Å². The molecule has 0 radical (unpaired) electrons. The van der Waals surface area contributed by atoms with Crippen molar-refractivity contribution < 1.29 is 4.92 Å². The average molecular weight is 238 g/mol. The van der Waals surface area contributed by atoms with Crippen LogP contribution in [0, 0.1) is 10.1 Å². The van der Waals surface area contributed by atoms with Crippen molar-refractivity contribution in [2.45, 2.75) is 50.4 Å². The van der Waals surface area contributed by atoms with E-state index in [2.05, 4.69) is 22.9 Å². The third kappa shape index (κ3) is 6.58. The molecule has 0 aromatic rings. The Morgan fingerprint density at radius 2 is 1.92 bits per heavy atom. The molecule has 4 heteroatoms. The number of nitro groups is 1. The van der Waals surface area contributed by atoms with Crippen molar-refractivity contribution in [3.05, 3.63) is 10.1 Å². The lowest BCUT2D eigenvalue weighted by Gasteiger charge is -2.01. The van der Waals surface area contributed by atoms with E-state index in [4.69, 9.17) is 0 Å². The Morgan fingerprint density at radius 1 is 1.33 bits per heavy atom. The molecule has 0 fully saturated rings. The fourth-order valence-electron chi connectivity index (χ4n) is 1.02. The first-order valence-electron chi connectivity index (χ1n) is 4.46. The molecule has 0 saturated carbocycles. The molecule has 72 valence electrons. The van der Waals surface area contributed by atoms with Crippen molar-refractivity contribution in [1.82, 2.24) is 0 Å². The molecule has 1 atom stereocenters. The molecule has 12 heavy (non-hydrogen) atoms. The quantitative estimate of drug-likeness (QED) is 0.224. The fraction of sp³-hybridized carbons (Fsp3) is 1.00. The van der Waals surface area contributed by atoms with Gasteiger partial charge in [0.15, 0.2) is 0 Å². The molecule has 0 saturated heterocycles. The van der Waals surface area contributed by atoms with Crippen molar-refractivity contribution in [3.63, 3.8) is 0 Å². The standard InChI is InChI=1S/C8H16BrNO2/c1-2-3-4-5-6-7-8(9)10(11)12/h8H,2-7H2,1H3. The minimum atomic E-state index is -0.542. The highest BCUT2D eigenvalue weighted by Crippen LogP contribution is 2.12. The van der Waals surface area contributed by atoms with Crippen LogP contribution in [0.2, 0.25) is 0 Å². The van der Waals surface area contributed by atoms with E-state index in [9.17, 15) is 10.1 Å². The summed E-state index contributed by atoms with van der Waals surface area (Å²) in [5.41, 5.74) is 0. The number of hydrogen-bond acceptors (Lipinski definition) is 2. The maximum atomic E-state index is 10.2. The second kappa shape index (κ2) is 7.53. The Morgan fingerprint density at radius 3 is 2.42 bits per heavy atom. The van der Waals surface area contributed by atoms with Crippen LogP contribution in [0.5, 0.6) is 0 Å². The molecule has 0 spiro atoms. The van der Waals surface area contributed by atoms with E-state index >= 15 is 0 Å². The number of nitrogens with zero attached hydrogens (tertiary/aromatic N) is 1. The third-order valence-corrected chi connectivity index (χ3v) is 2.57. The van der Waals surface area contributed by atoms with Crippen LogP contribution in [-0.4, -0.2) is 9.87 Å². The normalized spacial score (nSPS) is 12.8. The number of hydrogen-bond donors (Lipinski definition) is 0. The Labute approximate surface area is 81.8 Å². The molecular formula is C8H16BrNO2. The Hall–Kier alpha value is -0.120. The topological polar surface area (TPSA) is 43.1 Å². The van der Waals surface area contributed by atoms with E-state index in [1.54, 1.807) is 0 Å². The fourth-order valence-corrected chi connectivity index (χ4v) is 1.35. The van der Waals surface area contributed by atoms with Gasteiger partial charge in [-0.2, -0.15) is 0 Å². The van der Waals surface area contributed by atoms with E-state index in [0.29, 0.717) is 6.42 Å². The summed E-state index contributed by atoms with van der Waals surface area (Å²) in [6, 6.07) is 0. The Balaban J connectivity index is 3.14. The molecule has 3 nitrogen and oxygen atoms in total. The SMILES string of the molecule is CCCCCCCC(Br)[N+](=O)[O-]. The van der Waals surface area contributed by atoms with Crippen LogP contribution in [-0.2, 0) is 0 Å². The lowest BCUT2D eigenvalue weighted by Crippen LogP contribution is -2.10. The molecule has 0 N–H and O–H groups in total. The van der Waals surface area contributed by atoms with Gasteiger partial charge in [0.25, 0.3) is 4.95 Å². The second-order valence-electron chi connectivity index (χ2n) is 2.92. The zero-order valence-electron chi connectivity index (χ0n) is 7.46. The Kier molecular flexibility index (Phi) is 7.45. The average Bonchev–Trinajstić information content (AvgIpc) is 2.03. The van der Waals surface area contributed by atoms with Crippen LogP contribution in [0.15, 0.2) is 0 Å². The molecule has 0 bridgehead atoms. The molecule has 0 aromatic carbocycles. The molecular weight excluding hydrogens is 222 g/mol. The number of unbranched alkanes of at least 4 members (excludes halogenated alkanes) is 4. The summed E-state index contributed by atoms with van der Waals surface area (Å²) in [7, 11) is 0. The molecule has 0 rings (SSSR count). The van der Waals surface area contributed by atoms with Gasteiger partial charge in [-0.3, -0.25) is 10.1 Å². The summed E-state index contributed by atoms with van der Waals surface area (Å²) in [6.07, 6.45) is 6.38. The van der Waals surface area contributed by atoms with Crippen LogP contribution >= 0.6 is 15.9 Å². The maximum Gasteiger partial charge on any atom is 0.265 e. The van der Waals surface area contributed by atoms with Crippen molar-refractivity contribution >= 4 is 15.9 Å². The summed E-state index contributed by atoms with van der Waals surface area (Å²) in [5.74, 6) is 0. The van der Waals surface area contributed by atoms with Gasteiger partial charge in [0.05, 0.1) is 0 Å². The second-order valence-corrected chi connectivity index (χ2v) is 3.98. The molecule has 0 amide bonds. The number of alkyl halides is 1. The van der Waals surface area contributed by atoms with E-state index in [1.807, 2.05) is 0 Å². The molecule has 1 unspecified atom stereocenters. The lowest BCUT2D eigenvalue weighted by molar-refractivity contribution is -0.493. The van der Waals surface area contributed by atoms with Crippen LogP contribution in [0.3, 0.4) is 0 Å². The third-order valence-electron chi connectivity index (χ3n) is 1.77. The highest BCUT2D eigenvalue weighted by molar-refractivity contribution is 9.09. The van der Waals surface area contributed by atoms with Crippen LogP contribution in [0.1, 0.15) is 45.4 Å². The zero-order chi connectivity index (χ0) is 9.40. The summed E-state index contributed by atoms with van der Waals surface area (Å²) in [5, 5.41) is 10.2. The van der Waals surface area contributed by atoms with Crippen LogP contribution < -0.4 is 0 Å². The van der Waals surface area contributed by atoms with Gasteiger partial charge in [0.1, 0.15) is 0 Å². The first-order valence-corrected chi connectivity index (χ1v) is 5.37. The predicted octanol–water partition coefficient (Wildman–Crippen LogP) is 3.34. The molecule has 0 aliphatic heterocycles. The zero-order valence-corrected chi connectivity index (χ0v) is 9.05. The Bertz CT molecular complexity index is 130. The van der Waals surface area contributed by atoms with Crippen LogP contribution in [0.4, 0.5) is 0 Å². The number of rotatable bonds is 7. The van der Waals surface area contributed by atoms with Crippen molar-refractivity contribution in [1.29, 1.82) is 0 Å². The highest BCUT2D eigenvalue weighted by atomic mass is 79.9. The minimum absolute atomic E-state index is 0.278. The van der Waals surface area contributed by atoms with Crippen molar-refractivity contribution in [2.24, 2.45) is 0 Å². The van der Waals surface area contributed by atoms with Gasteiger partial charge < -0.3 is 0 Å². The molecule has 0 aromatic heterocycles. The first-order chi connectivity index (χ1) is 5.68. The maximum absolute atomic E-state index is 10.2. The van der Waals surface area contributed by atoms with Crippen molar-refractivity contribution in [2.75, 3.05) is 0 Å². The molecule has 0 aliphatic rings. The van der Waals surface area contributed by atoms with Crippen LogP contribution in [0.25, 0.3) is 0 Å². The monoisotopic (exact) mass is 237 g/mol.